The molecule has 7 atom stereocenters. The molecule has 4 rings (SSSR count). The maximum absolute atomic E-state index is 12.1. The molecule has 126 valence electrons. The minimum absolute atomic E-state index is 0.0840. The molecule has 2 heteroatoms. The Balaban J connectivity index is 1.69. The van der Waals surface area contributed by atoms with Crippen LogP contribution in [0.1, 0.15) is 65.7 Å². The van der Waals surface area contributed by atoms with E-state index < -0.39 is 0 Å². The predicted molar refractivity (Wildman–Crippen MR) is 90.8 cm³/mol. The molecular formula is C21H30O2. The first-order valence-corrected chi connectivity index (χ1v) is 9.58. The van der Waals surface area contributed by atoms with Crippen LogP contribution in [-0.2, 0) is 9.59 Å². The number of carbonyl (C=O) groups is 2. The van der Waals surface area contributed by atoms with Gasteiger partial charge in [0.05, 0.1) is 0 Å². The number of fused-ring (bicyclic) bond motifs is 5. The molecule has 0 amide bonds. The van der Waals surface area contributed by atoms with E-state index in [0.717, 1.165) is 31.6 Å². The van der Waals surface area contributed by atoms with Gasteiger partial charge in [-0.3, -0.25) is 9.59 Å². The Morgan fingerprint density at radius 3 is 2.70 bits per heavy atom. The molecule has 2 nitrogen and oxygen atoms in total. The summed E-state index contributed by atoms with van der Waals surface area (Å²) < 4.78 is 0. The molecule has 0 aromatic carbocycles. The van der Waals surface area contributed by atoms with E-state index in [4.69, 9.17) is 0 Å². The Morgan fingerprint density at radius 1 is 1.17 bits per heavy atom. The fourth-order valence-corrected chi connectivity index (χ4v) is 7.06. The van der Waals surface area contributed by atoms with Crippen molar-refractivity contribution in [1.29, 1.82) is 0 Å². The molecule has 0 heterocycles. The van der Waals surface area contributed by atoms with E-state index in [1.165, 1.54) is 19.3 Å². The molecule has 0 spiro atoms. The van der Waals surface area contributed by atoms with Crippen LogP contribution in [0.2, 0.25) is 0 Å². The number of hydrogen-bond acceptors (Lipinski definition) is 2. The molecule has 0 saturated heterocycles. The molecule has 3 fully saturated rings. The van der Waals surface area contributed by atoms with Crippen molar-refractivity contribution in [2.24, 2.45) is 40.4 Å². The second-order valence-electron chi connectivity index (χ2n) is 9.28. The first-order chi connectivity index (χ1) is 10.9. The van der Waals surface area contributed by atoms with Gasteiger partial charge in [0.2, 0.25) is 0 Å². The SMILES string of the molecule is CC(=O)[C@H]1CC[C@H]2[C@@H]3CC[C@@H]4CC(=O)CC[C@]4(C)[C@H]3C=C[C@]12C. The lowest BCUT2D eigenvalue weighted by Crippen LogP contribution is -2.51. The Morgan fingerprint density at radius 2 is 1.96 bits per heavy atom. The molecule has 0 N–H and O–H groups in total. The molecule has 23 heavy (non-hydrogen) atoms. The minimum Gasteiger partial charge on any atom is -0.300 e. The average molecular weight is 314 g/mol. The number of ketones is 2. The topological polar surface area (TPSA) is 34.1 Å². The van der Waals surface area contributed by atoms with Gasteiger partial charge in [-0.05, 0) is 73.5 Å². The highest BCUT2D eigenvalue weighted by Crippen LogP contribution is 2.64. The zero-order valence-electron chi connectivity index (χ0n) is 14.8. The van der Waals surface area contributed by atoms with Gasteiger partial charge in [0.25, 0.3) is 0 Å². The van der Waals surface area contributed by atoms with Gasteiger partial charge < -0.3 is 0 Å². The van der Waals surface area contributed by atoms with Crippen molar-refractivity contribution in [1.82, 2.24) is 0 Å². The standard InChI is InChI=1S/C21H30O2/c1-13(22)17-6-7-18-16-5-4-14-12-15(23)8-10-20(14,2)19(16)9-11-21(17,18)3/h9,11,14,16-19H,4-8,10,12H2,1-3H3/t14-,16+,17-,18+,19+,20+,21-/m1/s1. The normalized spacial score (nSPS) is 51.8. The summed E-state index contributed by atoms with van der Waals surface area (Å²) in [5, 5.41) is 0. The highest BCUT2D eigenvalue weighted by molar-refractivity contribution is 5.80. The summed E-state index contributed by atoms with van der Waals surface area (Å²) in [4.78, 5) is 24.0. The summed E-state index contributed by atoms with van der Waals surface area (Å²) in [6.07, 6.45) is 12.3. The first kappa shape index (κ1) is 15.6. The second-order valence-corrected chi connectivity index (χ2v) is 9.28. The number of Topliss-reactive ketones (excluding diaryl/α,β-unsaturated/α-hetero) is 2. The van der Waals surface area contributed by atoms with E-state index in [2.05, 4.69) is 26.0 Å². The van der Waals surface area contributed by atoms with E-state index in [-0.39, 0.29) is 11.3 Å². The van der Waals surface area contributed by atoms with Crippen LogP contribution in [-0.4, -0.2) is 11.6 Å². The Bertz CT molecular complexity index is 576. The monoisotopic (exact) mass is 314 g/mol. The largest absolute Gasteiger partial charge is 0.300 e. The van der Waals surface area contributed by atoms with E-state index >= 15 is 0 Å². The fourth-order valence-electron chi connectivity index (χ4n) is 7.06. The lowest BCUT2D eigenvalue weighted by Gasteiger charge is -2.57. The summed E-state index contributed by atoms with van der Waals surface area (Å²) in [6.45, 7) is 6.57. The molecule has 0 unspecified atom stereocenters. The van der Waals surface area contributed by atoms with Crippen molar-refractivity contribution >= 4 is 11.6 Å². The molecule has 0 bridgehead atoms. The molecular weight excluding hydrogens is 284 g/mol. The van der Waals surface area contributed by atoms with Crippen LogP contribution in [0.25, 0.3) is 0 Å². The lowest BCUT2D eigenvalue weighted by atomic mass is 9.47. The number of hydrogen-bond donors (Lipinski definition) is 0. The zero-order valence-corrected chi connectivity index (χ0v) is 14.8. The van der Waals surface area contributed by atoms with E-state index in [1.54, 1.807) is 6.92 Å². The third kappa shape index (κ3) is 2.06. The highest BCUT2D eigenvalue weighted by Gasteiger charge is 2.58. The zero-order chi connectivity index (χ0) is 16.4. The smallest absolute Gasteiger partial charge is 0.133 e. The summed E-state index contributed by atoms with van der Waals surface area (Å²) in [5.41, 5.74) is 0.393. The maximum atomic E-state index is 12.1. The highest BCUT2D eigenvalue weighted by atomic mass is 16.1. The van der Waals surface area contributed by atoms with E-state index in [0.29, 0.717) is 34.7 Å². The molecule has 0 radical (unpaired) electrons. The van der Waals surface area contributed by atoms with Gasteiger partial charge in [-0.1, -0.05) is 26.0 Å². The third-order valence-corrected chi connectivity index (χ3v) is 8.41. The van der Waals surface area contributed by atoms with Crippen molar-refractivity contribution in [3.63, 3.8) is 0 Å². The Hall–Kier alpha value is -0.920. The van der Waals surface area contributed by atoms with Gasteiger partial charge in [-0.15, -0.1) is 0 Å². The van der Waals surface area contributed by atoms with Crippen LogP contribution in [0.4, 0.5) is 0 Å². The average Bonchev–Trinajstić information content (AvgIpc) is 2.85. The quantitative estimate of drug-likeness (QED) is 0.664. The Kier molecular flexibility index (Phi) is 3.42. The van der Waals surface area contributed by atoms with Gasteiger partial charge in [-0.2, -0.15) is 0 Å². The van der Waals surface area contributed by atoms with Gasteiger partial charge in [0, 0.05) is 18.8 Å². The summed E-state index contributed by atoms with van der Waals surface area (Å²) in [5.74, 6) is 3.69. The van der Waals surface area contributed by atoms with Gasteiger partial charge in [0.1, 0.15) is 11.6 Å². The number of allylic oxidation sites excluding steroid dienone is 2. The summed E-state index contributed by atoms with van der Waals surface area (Å²) in [7, 11) is 0. The van der Waals surface area contributed by atoms with Crippen LogP contribution in [0.15, 0.2) is 12.2 Å². The number of rotatable bonds is 1. The number of carbonyl (C=O) groups excluding carboxylic acids is 2. The van der Waals surface area contributed by atoms with Crippen molar-refractivity contribution in [3.8, 4) is 0 Å². The molecule has 4 aliphatic rings. The van der Waals surface area contributed by atoms with Crippen molar-refractivity contribution in [2.45, 2.75) is 65.7 Å². The molecule has 3 saturated carbocycles. The summed E-state index contributed by atoms with van der Waals surface area (Å²) in [6, 6.07) is 0. The molecule has 0 aromatic rings. The van der Waals surface area contributed by atoms with Gasteiger partial charge in [0.15, 0.2) is 0 Å². The molecule has 0 aliphatic heterocycles. The van der Waals surface area contributed by atoms with Crippen molar-refractivity contribution in [3.05, 3.63) is 12.2 Å². The van der Waals surface area contributed by atoms with E-state index in [9.17, 15) is 9.59 Å². The van der Waals surface area contributed by atoms with Crippen molar-refractivity contribution < 1.29 is 9.59 Å². The van der Waals surface area contributed by atoms with Crippen LogP contribution < -0.4 is 0 Å². The minimum atomic E-state index is 0.0840. The summed E-state index contributed by atoms with van der Waals surface area (Å²) >= 11 is 0. The Labute approximate surface area is 140 Å². The maximum Gasteiger partial charge on any atom is 0.133 e. The van der Waals surface area contributed by atoms with Gasteiger partial charge in [-0.25, -0.2) is 0 Å². The van der Waals surface area contributed by atoms with Crippen LogP contribution in [0, 0.1) is 40.4 Å². The first-order valence-electron chi connectivity index (χ1n) is 9.58. The van der Waals surface area contributed by atoms with E-state index in [1.807, 2.05) is 0 Å². The predicted octanol–water partition coefficient (Wildman–Crippen LogP) is 4.58. The van der Waals surface area contributed by atoms with Gasteiger partial charge >= 0.3 is 0 Å². The van der Waals surface area contributed by atoms with Crippen LogP contribution in [0.3, 0.4) is 0 Å². The van der Waals surface area contributed by atoms with Crippen LogP contribution in [0.5, 0.6) is 0 Å². The molecule has 0 aromatic heterocycles. The third-order valence-electron chi connectivity index (χ3n) is 8.41. The second kappa shape index (κ2) is 5.04. The molecule has 4 aliphatic carbocycles. The lowest BCUT2D eigenvalue weighted by molar-refractivity contribution is -0.132. The van der Waals surface area contributed by atoms with Crippen molar-refractivity contribution in [2.75, 3.05) is 0 Å². The fraction of sp³-hybridized carbons (Fsp3) is 0.810. The van der Waals surface area contributed by atoms with Crippen LogP contribution >= 0.6 is 0 Å².